The molecule has 0 nitrogen and oxygen atoms in total. The van der Waals surface area contributed by atoms with E-state index < -0.39 is 0 Å². The normalized spacial score (nSPS) is 15.1. The molecule has 0 saturated heterocycles. The molecule has 0 aromatic heterocycles. The maximum Gasteiger partial charge on any atom is -0.0253 e. The minimum atomic E-state index is 0. The Labute approximate surface area is 192 Å². The summed E-state index contributed by atoms with van der Waals surface area (Å²) in [6, 6.07) is 18.1. The zero-order chi connectivity index (χ0) is 18.4. The predicted octanol–water partition coefficient (Wildman–Crippen LogP) is 0.143. The van der Waals surface area contributed by atoms with Crippen molar-refractivity contribution in [1.82, 2.24) is 0 Å². The Kier molecular flexibility index (Phi) is 12.3. The van der Waals surface area contributed by atoms with E-state index in [0.29, 0.717) is 5.92 Å². The molecule has 2 aromatic rings. The number of benzene rings is 2. The third-order valence-electron chi connectivity index (χ3n) is 4.15. The van der Waals surface area contributed by atoms with Crippen LogP contribution < -0.4 is 24.8 Å². The Bertz CT molecular complexity index is 753. The van der Waals surface area contributed by atoms with Crippen molar-refractivity contribution in [3.8, 4) is 11.1 Å². The molecular weight excluding hydrogens is 450 g/mol. The molecule has 0 bridgehead atoms. The van der Waals surface area contributed by atoms with Crippen LogP contribution in [-0.4, -0.2) is 3.21 Å². The van der Waals surface area contributed by atoms with Gasteiger partial charge in [0.25, 0.3) is 0 Å². The molecule has 2 aliphatic carbocycles. The third-order valence-corrected chi connectivity index (χ3v) is 4.15. The van der Waals surface area contributed by atoms with Crippen LogP contribution in [0.5, 0.6) is 0 Å². The Morgan fingerprint density at radius 1 is 1.00 bits per heavy atom. The molecule has 0 aliphatic heterocycles. The molecule has 0 fully saturated rings. The Balaban J connectivity index is 0.000000422. The summed E-state index contributed by atoms with van der Waals surface area (Å²) in [6.45, 7) is 10.6. The molecular formula is C24H26Cl2Zr-2. The van der Waals surface area contributed by atoms with Gasteiger partial charge in [0.05, 0.1) is 0 Å². The van der Waals surface area contributed by atoms with Crippen LogP contribution in [0.3, 0.4) is 0 Å². The van der Waals surface area contributed by atoms with E-state index in [4.69, 9.17) is 0 Å². The van der Waals surface area contributed by atoms with Crippen molar-refractivity contribution < 1.29 is 49.0 Å². The van der Waals surface area contributed by atoms with E-state index >= 15 is 0 Å². The Morgan fingerprint density at radius 3 is 2.11 bits per heavy atom. The average molecular weight is 477 g/mol. The van der Waals surface area contributed by atoms with Gasteiger partial charge < -0.3 is 24.8 Å². The summed E-state index contributed by atoms with van der Waals surface area (Å²) in [5.74, 6) is 0.551. The van der Waals surface area contributed by atoms with E-state index in [0.717, 1.165) is 6.42 Å². The summed E-state index contributed by atoms with van der Waals surface area (Å²) < 4.78 is 1.51. The van der Waals surface area contributed by atoms with E-state index in [1.807, 2.05) is 6.07 Å². The molecule has 0 amide bonds. The number of hydrogen-bond donors (Lipinski definition) is 0. The fourth-order valence-electron chi connectivity index (χ4n) is 2.99. The zero-order valence-electron chi connectivity index (χ0n) is 16.7. The van der Waals surface area contributed by atoms with Gasteiger partial charge >= 0.3 is 41.3 Å². The van der Waals surface area contributed by atoms with Crippen LogP contribution in [0, 0.1) is 18.1 Å². The smallest absolute Gasteiger partial charge is 0.0253 e. The number of fused-ring (bicyclic) bond motifs is 3. The van der Waals surface area contributed by atoms with Crippen molar-refractivity contribution in [1.29, 1.82) is 0 Å². The summed E-state index contributed by atoms with van der Waals surface area (Å²) in [4.78, 5) is 0. The van der Waals surface area contributed by atoms with Gasteiger partial charge in [0.1, 0.15) is 0 Å². The quantitative estimate of drug-likeness (QED) is 0.405. The molecule has 142 valence electrons. The summed E-state index contributed by atoms with van der Waals surface area (Å²) in [5.41, 5.74) is 8.21. The summed E-state index contributed by atoms with van der Waals surface area (Å²) in [6.07, 6.45) is 6.57. The molecule has 3 heteroatoms. The molecule has 0 spiro atoms. The molecule has 1 atom stereocenters. The number of hydrogen-bond acceptors (Lipinski definition) is 0. The van der Waals surface area contributed by atoms with Crippen molar-refractivity contribution in [2.45, 2.75) is 41.0 Å². The molecule has 0 N–H and O–H groups in total. The zero-order valence-corrected chi connectivity index (χ0v) is 20.6. The first-order chi connectivity index (χ1) is 11.9. The SMILES string of the molecule is CC1=[C-]C(C)C=C1C.C[C](C)=[Zr+2].[Cl-].[Cl-].[c-]1cccc2c1Cc1ccccc1-2. The van der Waals surface area contributed by atoms with Crippen LogP contribution in [0.25, 0.3) is 11.1 Å². The topological polar surface area (TPSA) is 0 Å². The van der Waals surface area contributed by atoms with Gasteiger partial charge in [-0.2, -0.15) is 35.9 Å². The van der Waals surface area contributed by atoms with Crippen LogP contribution in [0.15, 0.2) is 59.7 Å². The molecule has 0 radical (unpaired) electrons. The van der Waals surface area contributed by atoms with Crippen LogP contribution in [0.4, 0.5) is 0 Å². The van der Waals surface area contributed by atoms with E-state index in [9.17, 15) is 0 Å². The first kappa shape index (κ1) is 26.3. The Morgan fingerprint density at radius 2 is 1.59 bits per heavy atom. The Hall–Kier alpha value is -0.747. The molecule has 1 unspecified atom stereocenters. The van der Waals surface area contributed by atoms with Crippen LogP contribution in [-0.2, 0) is 30.7 Å². The second-order valence-corrected chi connectivity index (χ2v) is 9.26. The van der Waals surface area contributed by atoms with E-state index in [1.54, 1.807) is 24.2 Å². The molecule has 2 aliphatic rings. The monoisotopic (exact) mass is 474 g/mol. The molecule has 0 saturated carbocycles. The first-order valence-corrected chi connectivity index (χ1v) is 10.00. The van der Waals surface area contributed by atoms with Gasteiger partial charge in [-0.1, -0.05) is 55.2 Å². The van der Waals surface area contributed by atoms with E-state index in [1.165, 1.54) is 36.6 Å². The van der Waals surface area contributed by atoms with Crippen molar-refractivity contribution in [3.63, 3.8) is 0 Å². The second-order valence-electron chi connectivity index (χ2n) is 6.80. The van der Waals surface area contributed by atoms with Crippen molar-refractivity contribution in [2.24, 2.45) is 5.92 Å². The van der Waals surface area contributed by atoms with Gasteiger partial charge in [-0.15, -0.1) is 12.5 Å². The van der Waals surface area contributed by atoms with E-state index in [2.05, 4.69) is 89.2 Å². The summed E-state index contributed by atoms with van der Waals surface area (Å²) in [7, 11) is 0. The van der Waals surface area contributed by atoms with E-state index in [-0.39, 0.29) is 24.8 Å². The molecule has 27 heavy (non-hydrogen) atoms. The maximum atomic E-state index is 3.30. The van der Waals surface area contributed by atoms with Crippen LogP contribution >= 0.6 is 0 Å². The van der Waals surface area contributed by atoms with Gasteiger partial charge in [-0.05, 0) is 6.42 Å². The average Bonchev–Trinajstić information content (AvgIpc) is 3.06. The van der Waals surface area contributed by atoms with Crippen LogP contribution in [0.2, 0.25) is 0 Å². The molecule has 0 heterocycles. The van der Waals surface area contributed by atoms with Crippen molar-refractivity contribution in [2.75, 3.05) is 0 Å². The largest absolute Gasteiger partial charge is 1.00 e. The third kappa shape index (κ3) is 8.02. The fourth-order valence-corrected chi connectivity index (χ4v) is 2.99. The second kappa shape index (κ2) is 12.7. The minimum absolute atomic E-state index is 0. The van der Waals surface area contributed by atoms with Gasteiger partial charge in [-0.25, -0.2) is 11.1 Å². The number of rotatable bonds is 0. The van der Waals surface area contributed by atoms with Gasteiger partial charge in [0, 0.05) is 0 Å². The fraction of sp³-hybridized carbons (Fsp3) is 0.292. The number of halogens is 2. The van der Waals surface area contributed by atoms with Gasteiger partial charge in [0.2, 0.25) is 0 Å². The van der Waals surface area contributed by atoms with Crippen LogP contribution in [0.1, 0.15) is 45.7 Å². The van der Waals surface area contributed by atoms with Crippen molar-refractivity contribution >= 4 is 3.21 Å². The van der Waals surface area contributed by atoms with Crippen molar-refractivity contribution in [3.05, 3.63) is 83.0 Å². The summed E-state index contributed by atoms with van der Waals surface area (Å²) in [5, 5.41) is 0. The van der Waals surface area contributed by atoms with Gasteiger partial charge in [-0.3, -0.25) is 6.08 Å². The molecule has 4 rings (SSSR count). The standard InChI is InChI=1S/C13H9.C8H11.C3H6.2ClH.Zr/c1-3-7-12-10(5-1)9-11-6-2-4-8-13(11)12;1-6-4-7(2)8(3)5-6;1-3-2;;;/h1-5,7-8H,9H2;4,6H,1-3H3;1-2H3;2*1H;/q2*-1;;;;+2/p-2. The first-order valence-electron chi connectivity index (χ1n) is 8.77. The number of allylic oxidation sites excluding steroid dienone is 4. The molecule has 2 aromatic carbocycles. The summed E-state index contributed by atoms with van der Waals surface area (Å²) >= 11 is 1.55. The maximum absolute atomic E-state index is 3.30. The minimum Gasteiger partial charge on any atom is -1.00 e. The predicted molar refractivity (Wildman–Crippen MR) is 105 cm³/mol. The van der Waals surface area contributed by atoms with Gasteiger partial charge in [0.15, 0.2) is 0 Å².